The molecule has 3 rings (SSSR count). The zero-order valence-electron chi connectivity index (χ0n) is 21.3. The number of hydrogen-bond donors (Lipinski definition) is 1. The van der Waals surface area contributed by atoms with Crippen molar-refractivity contribution in [2.75, 3.05) is 5.73 Å². The third kappa shape index (κ3) is 4.87. The maximum atomic E-state index is 14.6. The van der Waals surface area contributed by atoms with E-state index in [-0.39, 0.29) is 28.0 Å². The average molecular weight is 539 g/mol. The number of anilines is 1. The lowest BCUT2D eigenvalue weighted by atomic mass is 10.1. The molecule has 1 saturated carbocycles. The van der Waals surface area contributed by atoms with E-state index >= 15 is 0 Å². The predicted octanol–water partition coefficient (Wildman–Crippen LogP) is 7.58. The highest BCUT2D eigenvalue weighted by molar-refractivity contribution is 6.77. The molecule has 13 heteroatoms. The smallest absolute Gasteiger partial charge is 0.416 e. The first-order valence-electron chi connectivity index (χ1n) is 11.8. The first-order valence-corrected chi connectivity index (χ1v) is 14.0. The van der Waals surface area contributed by atoms with Gasteiger partial charge in [0.2, 0.25) is 13.9 Å². The van der Waals surface area contributed by atoms with Crippen LogP contribution in [0.1, 0.15) is 84.4 Å². The van der Waals surface area contributed by atoms with Gasteiger partial charge in [0.1, 0.15) is 0 Å². The Morgan fingerprint density at radius 2 is 1.50 bits per heavy atom. The Morgan fingerprint density at radius 1 is 0.972 bits per heavy atom. The Hall–Kier alpha value is -2.15. The highest BCUT2D eigenvalue weighted by atomic mass is 28.4. The van der Waals surface area contributed by atoms with E-state index in [9.17, 15) is 26.3 Å². The van der Waals surface area contributed by atoms with Gasteiger partial charge in [0.05, 0.1) is 16.9 Å². The van der Waals surface area contributed by atoms with Crippen LogP contribution in [0.3, 0.4) is 0 Å². The Bertz CT molecular complexity index is 1070. The van der Waals surface area contributed by atoms with Gasteiger partial charge in [-0.25, -0.2) is 4.98 Å². The Balaban J connectivity index is 2.14. The summed E-state index contributed by atoms with van der Waals surface area (Å²) in [6.07, 6.45) is -8.58. The molecule has 1 aliphatic carbocycles. The van der Waals surface area contributed by atoms with Gasteiger partial charge in [-0.3, -0.25) is 0 Å². The predicted molar refractivity (Wildman–Crippen MR) is 124 cm³/mol. The van der Waals surface area contributed by atoms with Crippen LogP contribution in [-0.2, 0) is 16.2 Å². The highest BCUT2D eigenvalue weighted by Crippen LogP contribution is 2.52. The second-order valence-electron chi connectivity index (χ2n) is 10.5. The molecule has 202 valence electrons. The molecule has 2 N–H and O–H groups in total. The molecule has 2 aromatic rings. The first kappa shape index (κ1) is 28.4. The number of pyridine rings is 1. The lowest BCUT2D eigenvalue weighted by molar-refractivity contribution is -0.260. The Morgan fingerprint density at radius 3 is 1.92 bits per heavy atom. The SMILES string of the molecule is CC(C)[Si](OC(C)(c1nnc(-c2nc(C3CC3)c(C(F)(F)F)cc2N)o1)C(F)(F)F)(C(C)C)C(C)C. The second kappa shape index (κ2) is 9.30. The van der Waals surface area contributed by atoms with Crippen LogP contribution < -0.4 is 5.73 Å². The van der Waals surface area contributed by atoms with Crippen molar-refractivity contribution < 1.29 is 35.2 Å². The lowest BCUT2D eigenvalue weighted by Crippen LogP contribution is -2.57. The van der Waals surface area contributed by atoms with Crippen molar-refractivity contribution in [3.63, 3.8) is 0 Å². The van der Waals surface area contributed by atoms with Gasteiger partial charge in [-0.15, -0.1) is 10.2 Å². The van der Waals surface area contributed by atoms with E-state index in [1.807, 2.05) is 41.5 Å². The molecule has 2 aromatic heterocycles. The summed E-state index contributed by atoms with van der Waals surface area (Å²) < 4.78 is 95.8. The van der Waals surface area contributed by atoms with Crippen LogP contribution in [0.4, 0.5) is 32.0 Å². The maximum Gasteiger partial charge on any atom is 0.425 e. The molecule has 0 radical (unpaired) electrons. The van der Waals surface area contributed by atoms with E-state index in [1.54, 1.807) is 0 Å². The minimum atomic E-state index is -4.92. The fourth-order valence-corrected chi connectivity index (χ4v) is 10.7. The first-order chi connectivity index (χ1) is 16.4. The number of nitrogen functional groups attached to an aromatic ring is 1. The monoisotopic (exact) mass is 538 g/mol. The van der Waals surface area contributed by atoms with Crippen molar-refractivity contribution in [2.24, 2.45) is 0 Å². The van der Waals surface area contributed by atoms with Crippen LogP contribution in [0.25, 0.3) is 11.6 Å². The third-order valence-electron chi connectivity index (χ3n) is 7.02. The average Bonchev–Trinajstić information content (AvgIpc) is 3.45. The molecule has 0 saturated heterocycles. The zero-order chi connectivity index (χ0) is 27.4. The maximum absolute atomic E-state index is 14.6. The summed E-state index contributed by atoms with van der Waals surface area (Å²) in [6.45, 7) is 11.9. The van der Waals surface area contributed by atoms with Gasteiger partial charge in [0.25, 0.3) is 11.8 Å². The van der Waals surface area contributed by atoms with Crippen molar-refractivity contribution in [1.29, 1.82) is 0 Å². The number of rotatable bonds is 8. The van der Waals surface area contributed by atoms with Gasteiger partial charge in [-0.1, -0.05) is 41.5 Å². The van der Waals surface area contributed by atoms with Crippen LogP contribution in [-0.4, -0.2) is 29.7 Å². The van der Waals surface area contributed by atoms with Gasteiger partial charge in [0, 0.05) is 5.92 Å². The third-order valence-corrected chi connectivity index (χ3v) is 13.2. The minimum absolute atomic E-state index is 0.171. The lowest BCUT2D eigenvalue weighted by Gasteiger charge is -2.47. The number of aromatic nitrogens is 3. The van der Waals surface area contributed by atoms with Gasteiger partial charge >= 0.3 is 12.4 Å². The summed E-state index contributed by atoms with van der Waals surface area (Å²) >= 11 is 0. The normalized spacial score (nSPS) is 17.3. The number of alkyl halides is 6. The van der Waals surface area contributed by atoms with E-state index in [2.05, 4.69) is 15.2 Å². The summed E-state index contributed by atoms with van der Waals surface area (Å²) in [5.41, 5.74) is 0.459. The standard InChI is InChI=1S/C23H32F6N4O2Si/c1-11(2)36(12(3)4,13(5)6)35-21(7,23(27,28)29)20-33-32-19(34-20)18-16(30)10-15(22(24,25)26)17(31-18)14-8-9-14/h10-14H,8-9,30H2,1-7H3. The molecule has 0 spiro atoms. The molecule has 36 heavy (non-hydrogen) atoms. The van der Waals surface area contributed by atoms with Crippen LogP contribution in [0.15, 0.2) is 10.5 Å². The van der Waals surface area contributed by atoms with Crippen LogP contribution >= 0.6 is 0 Å². The van der Waals surface area contributed by atoms with Gasteiger partial charge in [0.15, 0.2) is 5.69 Å². The molecule has 2 heterocycles. The second-order valence-corrected chi connectivity index (χ2v) is 15.9. The van der Waals surface area contributed by atoms with E-state index in [4.69, 9.17) is 14.6 Å². The van der Waals surface area contributed by atoms with E-state index < -0.39 is 55.2 Å². The van der Waals surface area contributed by atoms with Crippen molar-refractivity contribution in [3.8, 4) is 11.6 Å². The summed E-state index contributed by atoms with van der Waals surface area (Å²) in [5.74, 6) is -1.76. The quantitative estimate of drug-likeness (QED) is 0.275. The molecule has 6 nitrogen and oxygen atoms in total. The molecular weight excluding hydrogens is 506 g/mol. The van der Waals surface area contributed by atoms with Crippen molar-refractivity contribution in [1.82, 2.24) is 15.2 Å². The van der Waals surface area contributed by atoms with Crippen molar-refractivity contribution >= 4 is 14.0 Å². The molecular formula is C23H32F6N4O2Si. The van der Waals surface area contributed by atoms with E-state index in [0.29, 0.717) is 18.9 Å². The van der Waals surface area contributed by atoms with Crippen LogP contribution in [0.5, 0.6) is 0 Å². The fourth-order valence-electron chi connectivity index (χ4n) is 5.05. The Kier molecular flexibility index (Phi) is 7.34. The van der Waals surface area contributed by atoms with Gasteiger partial charge < -0.3 is 14.6 Å². The summed E-state index contributed by atoms with van der Waals surface area (Å²) in [4.78, 5) is 4.03. The number of nitrogens with two attached hydrogens (primary N) is 1. The number of hydrogen-bond acceptors (Lipinski definition) is 6. The summed E-state index contributed by atoms with van der Waals surface area (Å²) in [5, 5.41) is 7.34. The highest BCUT2D eigenvalue weighted by Gasteiger charge is 2.63. The molecule has 1 fully saturated rings. The minimum Gasteiger partial charge on any atom is -0.416 e. The van der Waals surface area contributed by atoms with Crippen LogP contribution in [0, 0.1) is 0 Å². The molecule has 0 bridgehead atoms. The molecule has 1 atom stereocenters. The molecule has 1 aliphatic rings. The number of nitrogens with zero attached hydrogens (tertiary/aromatic N) is 3. The fraction of sp³-hybridized carbons (Fsp3) is 0.696. The van der Waals surface area contributed by atoms with E-state index in [0.717, 1.165) is 6.92 Å². The zero-order valence-corrected chi connectivity index (χ0v) is 22.3. The molecule has 0 amide bonds. The van der Waals surface area contributed by atoms with Crippen molar-refractivity contribution in [3.05, 3.63) is 23.2 Å². The van der Waals surface area contributed by atoms with Gasteiger partial charge in [-0.05, 0) is 42.5 Å². The Labute approximate surface area is 207 Å². The molecule has 0 aromatic carbocycles. The number of halogens is 6. The summed E-state index contributed by atoms with van der Waals surface area (Å²) in [6, 6.07) is 0.716. The van der Waals surface area contributed by atoms with Crippen LogP contribution in [0.2, 0.25) is 16.6 Å². The molecule has 0 aliphatic heterocycles. The van der Waals surface area contributed by atoms with Crippen molar-refractivity contribution in [2.45, 2.75) is 102 Å². The summed E-state index contributed by atoms with van der Waals surface area (Å²) in [7, 11) is -3.09. The largest absolute Gasteiger partial charge is 0.425 e. The molecule has 1 unspecified atom stereocenters. The van der Waals surface area contributed by atoms with Gasteiger partial charge in [-0.2, -0.15) is 26.3 Å². The van der Waals surface area contributed by atoms with E-state index in [1.165, 1.54) is 0 Å². The topological polar surface area (TPSA) is 87.1 Å².